The van der Waals surface area contributed by atoms with E-state index >= 15 is 0 Å². The number of nitrogens with zero attached hydrogens (tertiary/aromatic N) is 2. The van der Waals surface area contributed by atoms with E-state index in [9.17, 15) is 14.0 Å². The Morgan fingerprint density at radius 3 is 2.46 bits per heavy atom. The number of hydrogen-bond donors (Lipinski definition) is 2. The van der Waals surface area contributed by atoms with Crippen molar-refractivity contribution in [3.63, 3.8) is 0 Å². The van der Waals surface area contributed by atoms with E-state index in [1.54, 1.807) is 20.8 Å². The van der Waals surface area contributed by atoms with Crippen LogP contribution in [0.2, 0.25) is 0 Å². The van der Waals surface area contributed by atoms with Crippen molar-refractivity contribution in [2.24, 2.45) is 0 Å². The maximum absolute atomic E-state index is 12.9. The average molecular weight is 352 g/mol. The molecule has 0 aliphatic heterocycles. The summed E-state index contributed by atoms with van der Waals surface area (Å²) >= 11 is 1.02. The highest BCUT2D eigenvalue weighted by molar-refractivity contribution is 8.00. The van der Waals surface area contributed by atoms with Crippen LogP contribution in [0.4, 0.5) is 9.18 Å². The van der Waals surface area contributed by atoms with Gasteiger partial charge in [-0.05, 0) is 45.0 Å². The van der Waals surface area contributed by atoms with Crippen LogP contribution in [0.25, 0.3) is 11.5 Å². The normalized spacial score (nSPS) is 12.0. The third kappa shape index (κ3) is 5.05. The molecule has 0 aliphatic carbocycles. The van der Waals surface area contributed by atoms with Gasteiger partial charge in [-0.3, -0.25) is 10.1 Å². The van der Waals surface area contributed by atoms with Crippen molar-refractivity contribution in [2.45, 2.75) is 37.3 Å². The fourth-order valence-corrected chi connectivity index (χ4v) is 2.37. The first-order valence-corrected chi connectivity index (χ1v) is 8.10. The average Bonchev–Trinajstić information content (AvgIpc) is 2.95. The summed E-state index contributed by atoms with van der Waals surface area (Å²) < 4.78 is 18.3. The Labute approximate surface area is 142 Å². The highest BCUT2D eigenvalue weighted by Gasteiger charge is 2.20. The number of amides is 3. The second-order valence-corrected chi connectivity index (χ2v) is 6.55. The summed E-state index contributed by atoms with van der Waals surface area (Å²) in [6.07, 6.45) is 0. The van der Waals surface area contributed by atoms with Gasteiger partial charge >= 0.3 is 6.03 Å². The van der Waals surface area contributed by atoms with Gasteiger partial charge in [-0.1, -0.05) is 11.8 Å². The molecule has 0 saturated heterocycles. The minimum atomic E-state index is -0.607. The molecule has 0 aliphatic rings. The van der Waals surface area contributed by atoms with Crippen LogP contribution in [0.15, 0.2) is 33.9 Å². The lowest BCUT2D eigenvalue weighted by atomic mass is 10.2. The monoisotopic (exact) mass is 352 g/mol. The molecule has 2 rings (SSSR count). The lowest BCUT2D eigenvalue weighted by Crippen LogP contribution is -2.45. The Bertz CT molecular complexity index is 718. The number of rotatable bonds is 5. The molecule has 0 unspecified atom stereocenters. The highest BCUT2D eigenvalue weighted by atomic mass is 32.2. The first-order valence-electron chi connectivity index (χ1n) is 7.22. The summed E-state index contributed by atoms with van der Waals surface area (Å²) in [5.41, 5.74) is 0.573. The van der Waals surface area contributed by atoms with Gasteiger partial charge in [0, 0.05) is 11.6 Å². The van der Waals surface area contributed by atoms with Crippen molar-refractivity contribution < 1.29 is 18.4 Å². The van der Waals surface area contributed by atoms with Crippen LogP contribution in [-0.2, 0) is 4.79 Å². The van der Waals surface area contributed by atoms with E-state index in [0.29, 0.717) is 5.56 Å². The van der Waals surface area contributed by atoms with Crippen LogP contribution in [0.5, 0.6) is 0 Å². The van der Waals surface area contributed by atoms with Crippen LogP contribution < -0.4 is 10.6 Å². The van der Waals surface area contributed by atoms with Gasteiger partial charge in [-0.25, -0.2) is 9.18 Å². The zero-order valence-corrected chi connectivity index (χ0v) is 14.2. The van der Waals surface area contributed by atoms with Gasteiger partial charge in [0.05, 0.1) is 5.25 Å². The quantitative estimate of drug-likeness (QED) is 0.803. The number of imide groups is 1. The first-order chi connectivity index (χ1) is 11.3. The van der Waals surface area contributed by atoms with Gasteiger partial charge in [0.25, 0.3) is 5.22 Å². The summed E-state index contributed by atoms with van der Waals surface area (Å²) in [6, 6.07) is 4.98. The van der Waals surface area contributed by atoms with Gasteiger partial charge < -0.3 is 9.73 Å². The lowest BCUT2D eigenvalue weighted by Gasteiger charge is -2.11. The highest BCUT2D eigenvalue weighted by Crippen LogP contribution is 2.26. The number of thioether (sulfide) groups is 1. The van der Waals surface area contributed by atoms with Crippen molar-refractivity contribution in [3.8, 4) is 11.5 Å². The minimum absolute atomic E-state index is 0.0741. The van der Waals surface area contributed by atoms with E-state index in [1.807, 2.05) is 0 Å². The van der Waals surface area contributed by atoms with Crippen molar-refractivity contribution in [2.75, 3.05) is 0 Å². The van der Waals surface area contributed by atoms with Gasteiger partial charge in [0.15, 0.2) is 0 Å². The molecule has 0 fully saturated rings. The van der Waals surface area contributed by atoms with E-state index < -0.39 is 17.2 Å². The van der Waals surface area contributed by atoms with Crippen molar-refractivity contribution in [3.05, 3.63) is 30.1 Å². The Kier molecular flexibility index (Phi) is 5.91. The summed E-state index contributed by atoms with van der Waals surface area (Å²) in [7, 11) is 0. The van der Waals surface area contributed by atoms with Gasteiger partial charge in [0.1, 0.15) is 5.82 Å². The lowest BCUT2D eigenvalue weighted by molar-refractivity contribution is -0.119. The van der Waals surface area contributed by atoms with Gasteiger partial charge in [-0.2, -0.15) is 0 Å². The largest absolute Gasteiger partial charge is 0.411 e. The van der Waals surface area contributed by atoms with E-state index in [-0.39, 0.29) is 23.0 Å². The zero-order valence-electron chi connectivity index (χ0n) is 13.4. The third-order valence-corrected chi connectivity index (χ3v) is 3.74. The molecule has 1 aromatic carbocycles. The molecule has 128 valence electrons. The number of halogens is 1. The van der Waals surface area contributed by atoms with Gasteiger partial charge in [-0.15, -0.1) is 10.2 Å². The standard InChI is InChI=1S/C15H17FN4O3S/c1-8(2)17-14(22)18-12(21)9(3)24-15-20-19-13(23-15)10-4-6-11(16)7-5-10/h4-9H,1-3H3,(H2,17,18,21,22)/t9-/m0/s1. The number of urea groups is 1. The van der Waals surface area contributed by atoms with Gasteiger partial charge in [0.2, 0.25) is 11.8 Å². The number of benzene rings is 1. The Hall–Kier alpha value is -2.42. The molecule has 0 radical (unpaired) electrons. The molecule has 24 heavy (non-hydrogen) atoms. The minimum Gasteiger partial charge on any atom is -0.411 e. The molecule has 3 amide bonds. The Balaban J connectivity index is 1.95. The molecular formula is C15H17FN4O3S. The van der Waals surface area contributed by atoms with E-state index in [4.69, 9.17) is 4.42 Å². The van der Waals surface area contributed by atoms with Crippen LogP contribution in [0, 0.1) is 5.82 Å². The number of carbonyl (C=O) groups is 2. The van der Waals surface area contributed by atoms with Crippen molar-refractivity contribution in [1.82, 2.24) is 20.8 Å². The fraction of sp³-hybridized carbons (Fsp3) is 0.333. The van der Waals surface area contributed by atoms with Crippen LogP contribution in [0.1, 0.15) is 20.8 Å². The second-order valence-electron chi connectivity index (χ2n) is 5.26. The zero-order chi connectivity index (χ0) is 17.7. The maximum atomic E-state index is 12.9. The molecule has 2 aromatic rings. The molecule has 7 nitrogen and oxygen atoms in total. The molecule has 0 spiro atoms. The fourth-order valence-electron chi connectivity index (χ4n) is 1.68. The third-order valence-electron chi connectivity index (χ3n) is 2.80. The summed E-state index contributed by atoms with van der Waals surface area (Å²) in [5.74, 6) is -0.611. The SMILES string of the molecule is CC(C)NC(=O)NC(=O)[C@H](C)Sc1nnc(-c2ccc(F)cc2)o1. The smallest absolute Gasteiger partial charge is 0.321 e. The second kappa shape index (κ2) is 7.91. The molecule has 0 bridgehead atoms. The Morgan fingerprint density at radius 1 is 1.17 bits per heavy atom. The molecule has 1 aromatic heterocycles. The predicted molar refractivity (Wildman–Crippen MR) is 86.8 cm³/mol. The van der Waals surface area contributed by atoms with E-state index in [1.165, 1.54) is 24.3 Å². The number of nitrogens with one attached hydrogen (secondary N) is 2. The summed E-state index contributed by atoms with van der Waals surface area (Å²) in [6.45, 7) is 5.19. The molecule has 2 N–H and O–H groups in total. The predicted octanol–water partition coefficient (Wildman–Crippen LogP) is 2.59. The van der Waals surface area contributed by atoms with E-state index in [0.717, 1.165) is 11.8 Å². The molecular weight excluding hydrogens is 335 g/mol. The van der Waals surface area contributed by atoms with Crippen molar-refractivity contribution in [1.29, 1.82) is 0 Å². The maximum Gasteiger partial charge on any atom is 0.321 e. The number of carbonyl (C=O) groups excluding carboxylic acids is 2. The topological polar surface area (TPSA) is 97.1 Å². The molecule has 9 heteroatoms. The van der Waals surface area contributed by atoms with E-state index in [2.05, 4.69) is 20.8 Å². The molecule has 1 heterocycles. The summed E-state index contributed by atoms with van der Waals surface area (Å²) in [5, 5.41) is 12.1. The first kappa shape index (κ1) is 17.9. The summed E-state index contributed by atoms with van der Waals surface area (Å²) in [4.78, 5) is 23.4. The number of hydrogen-bond acceptors (Lipinski definition) is 6. The van der Waals surface area contributed by atoms with Crippen LogP contribution in [-0.4, -0.2) is 33.4 Å². The number of aromatic nitrogens is 2. The molecule has 0 saturated carbocycles. The molecule has 1 atom stereocenters. The van der Waals surface area contributed by atoms with Crippen LogP contribution >= 0.6 is 11.8 Å². The van der Waals surface area contributed by atoms with Crippen molar-refractivity contribution >= 4 is 23.7 Å². The Morgan fingerprint density at radius 2 is 1.83 bits per heavy atom. The van der Waals surface area contributed by atoms with Crippen LogP contribution in [0.3, 0.4) is 0 Å².